The summed E-state index contributed by atoms with van der Waals surface area (Å²) in [5, 5.41) is 1.34. The Morgan fingerprint density at radius 1 is 0.889 bits per heavy atom. The molecule has 0 aromatic rings. The molecule has 0 aliphatic carbocycles. The first-order valence-corrected chi connectivity index (χ1v) is 4.11. The van der Waals surface area contributed by atoms with Gasteiger partial charge in [0.25, 0.3) is 22.7 Å². The largest absolute Gasteiger partial charge is 0.393 e. The summed E-state index contributed by atoms with van der Waals surface area (Å²) in [5.41, 5.74) is 20.5. The fraction of sp³-hybridized carbons (Fsp3) is 0.333. The molecule has 52 valence electrons. The van der Waals surface area contributed by atoms with Crippen LogP contribution < -0.4 is 22.9 Å². The molecule has 0 saturated heterocycles. The number of hydrogen-bond acceptors (Lipinski definition) is 0. The van der Waals surface area contributed by atoms with Crippen molar-refractivity contribution in [3.8, 4) is 0 Å². The minimum absolute atomic E-state index is 0.337. The fourth-order valence-corrected chi connectivity index (χ4v) is 1.49. The molecule has 8 N–H and O–H groups in total. The van der Waals surface area contributed by atoms with Crippen molar-refractivity contribution in [2.75, 3.05) is 5.08 Å². The first-order chi connectivity index (χ1) is 4.13. The summed E-state index contributed by atoms with van der Waals surface area (Å²) in [6.45, 7) is 0. The normalized spacial score (nSPS) is 8.44. The Morgan fingerprint density at radius 2 is 1.22 bits per heavy atom. The summed E-state index contributed by atoms with van der Waals surface area (Å²) < 4.78 is 0. The van der Waals surface area contributed by atoms with E-state index < -0.39 is 0 Å². The molecular formula is C3H10N4S2+2. The van der Waals surface area contributed by atoms with Gasteiger partial charge in [-0.15, -0.1) is 0 Å². The Hall–Kier alpha value is 0.0200. The van der Waals surface area contributed by atoms with Gasteiger partial charge in [0.1, 0.15) is 0 Å². The zero-order chi connectivity index (χ0) is 7.28. The highest BCUT2D eigenvalue weighted by Crippen LogP contribution is 1.58. The highest BCUT2D eigenvalue weighted by Gasteiger charge is 2.06. The molecule has 4 nitrogen and oxygen atoms in total. The third-order valence-electron chi connectivity index (χ3n) is 0.451. The van der Waals surface area contributed by atoms with Gasteiger partial charge in [-0.1, -0.05) is 0 Å². The maximum absolute atomic E-state index is 5.13. The van der Waals surface area contributed by atoms with Gasteiger partial charge in [0.05, 0.1) is 0 Å². The molecule has 9 heavy (non-hydrogen) atoms. The van der Waals surface area contributed by atoms with E-state index in [9.17, 15) is 0 Å². The van der Waals surface area contributed by atoms with Gasteiger partial charge < -0.3 is 0 Å². The van der Waals surface area contributed by atoms with Crippen molar-refractivity contribution in [1.29, 1.82) is 0 Å². The molecule has 0 aromatic carbocycles. The molecule has 0 fully saturated rings. The summed E-state index contributed by atoms with van der Waals surface area (Å²) in [5.74, 6) is 0. The number of hydrogen-bond donors (Lipinski definition) is 4. The lowest BCUT2D eigenvalue weighted by Gasteiger charge is -1.64. The highest BCUT2D eigenvalue weighted by atomic mass is 32.2. The van der Waals surface area contributed by atoms with E-state index in [1.807, 2.05) is 0 Å². The maximum Gasteiger partial charge on any atom is 0.393 e. The van der Waals surface area contributed by atoms with Gasteiger partial charge in [0.2, 0.25) is 0 Å². The topological polar surface area (TPSA) is 104 Å². The molecule has 0 radical (unpaired) electrons. The summed E-state index contributed by atoms with van der Waals surface area (Å²) >= 11 is 2.63. The predicted octanol–water partition coefficient (Wildman–Crippen LogP) is -2.88. The lowest BCUT2D eigenvalue weighted by molar-refractivity contribution is 1.65. The monoisotopic (exact) mass is 166 g/mol. The van der Waals surface area contributed by atoms with Crippen LogP contribution in [-0.4, -0.2) is 15.3 Å². The van der Waals surface area contributed by atoms with Gasteiger partial charge >= 0.3 is 15.3 Å². The average molecular weight is 166 g/mol. The summed E-state index contributed by atoms with van der Waals surface area (Å²) in [6, 6.07) is 0. The zero-order valence-electron chi connectivity index (χ0n) is 4.83. The van der Waals surface area contributed by atoms with Crippen LogP contribution >= 0.6 is 0 Å². The van der Waals surface area contributed by atoms with Crippen molar-refractivity contribution in [3.63, 3.8) is 0 Å². The lowest BCUT2D eigenvalue weighted by Crippen LogP contribution is -2.27. The summed E-state index contributed by atoms with van der Waals surface area (Å²) in [6.07, 6.45) is 0. The SMILES string of the molecule is NC(N)=[S+]C[S+]=C(N)N. The van der Waals surface area contributed by atoms with Crippen molar-refractivity contribution in [3.05, 3.63) is 0 Å². The maximum atomic E-state index is 5.13. The van der Waals surface area contributed by atoms with Crippen LogP contribution in [0.4, 0.5) is 0 Å². The number of rotatable bonds is 2. The third-order valence-corrected chi connectivity index (χ3v) is 2.06. The molecule has 6 heteroatoms. The van der Waals surface area contributed by atoms with Crippen LogP contribution in [0.15, 0.2) is 0 Å². The van der Waals surface area contributed by atoms with Crippen molar-refractivity contribution in [2.45, 2.75) is 0 Å². The Labute approximate surface area is 61.5 Å². The van der Waals surface area contributed by atoms with E-state index in [1.165, 1.54) is 22.7 Å². The molecule has 0 rings (SSSR count). The molecule has 0 amide bonds. The van der Waals surface area contributed by atoms with Crippen molar-refractivity contribution >= 4 is 32.9 Å². The van der Waals surface area contributed by atoms with E-state index >= 15 is 0 Å². The average Bonchev–Trinajstić information content (AvgIpc) is 1.63. The Bertz CT molecular complexity index is 117. The van der Waals surface area contributed by atoms with Gasteiger partial charge in [0, 0.05) is 0 Å². The van der Waals surface area contributed by atoms with Gasteiger partial charge in [-0.3, -0.25) is 0 Å². The minimum atomic E-state index is 0.337. The van der Waals surface area contributed by atoms with E-state index in [2.05, 4.69) is 0 Å². The second-order valence-corrected chi connectivity index (χ2v) is 3.67. The zero-order valence-corrected chi connectivity index (χ0v) is 6.47. The van der Waals surface area contributed by atoms with Crippen molar-refractivity contribution in [2.24, 2.45) is 22.9 Å². The third kappa shape index (κ3) is 8.02. The Balaban J connectivity index is 3.53. The molecule has 0 atom stereocenters. The van der Waals surface area contributed by atoms with Gasteiger partial charge in [-0.05, 0) is 0 Å². The van der Waals surface area contributed by atoms with E-state index in [0.717, 1.165) is 0 Å². The molecule has 0 saturated carbocycles. The lowest BCUT2D eigenvalue weighted by atomic mass is 11.3. The number of nitrogens with two attached hydrogens (primary N) is 4. The Morgan fingerprint density at radius 3 is 1.44 bits per heavy atom. The van der Waals surface area contributed by atoms with Crippen LogP contribution in [-0.2, 0) is 22.7 Å². The van der Waals surface area contributed by atoms with E-state index in [1.54, 1.807) is 0 Å². The molecule has 0 aliphatic heterocycles. The predicted molar refractivity (Wildman–Crippen MR) is 46.4 cm³/mol. The molecule has 0 unspecified atom stereocenters. The fourth-order valence-electron chi connectivity index (χ4n) is 0.166. The summed E-state index contributed by atoms with van der Waals surface area (Å²) in [7, 11) is 0. The first kappa shape index (κ1) is 9.02. The van der Waals surface area contributed by atoms with Crippen LogP contribution in [0.5, 0.6) is 0 Å². The minimum Gasteiger partial charge on any atom is -0.243 e. The quantitative estimate of drug-likeness (QED) is 0.201. The van der Waals surface area contributed by atoms with Crippen molar-refractivity contribution in [1.82, 2.24) is 0 Å². The van der Waals surface area contributed by atoms with Gasteiger partial charge in [-0.25, -0.2) is 22.9 Å². The van der Waals surface area contributed by atoms with Crippen LogP contribution in [0, 0.1) is 0 Å². The van der Waals surface area contributed by atoms with E-state index in [4.69, 9.17) is 22.9 Å². The summed E-state index contributed by atoms with van der Waals surface area (Å²) in [4.78, 5) is 0. The van der Waals surface area contributed by atoms with Crippen LogP contribution in [0.2, 0.25) is 0 Å². The molecule has 0 heterocycles. The van der Waals surface area contributed by atoms with E-state index in [-0.39, 0.29) is 0 Å². The van der Waals surface area contributed by atoms with Crippen molar-refractivity contribution < 1.29 is 0 Å². The smallest absolute Gasteiger partial charge is 0.243 e. The van der Waals surface area contributed by atoms with Gasteiger partial charge in [-0.2, -0.15) is 0 Å². The molecular weight excluding hydrogens is 156 g/mol. The standard InChI is InChI=1S/C3H10N4S2/c4-2(5)8-1-9-3(6)7/h1,4-7H2/q+2. The van der Waals surface area contributed by atoms with Gasteiger partial charge in [0.15, 0.2) is 0 Å². The molecule has 0 aliphatic rings. The second kappa shape index (κ2) is 4.86. The van der Waals surface area contributed by atoms with Crippen LogP contribution in [0.1, 0.15) is 0 Å². The van der Waals surface area contributed by atoms with E-state index in [0.29, 0.717) is 15.3 Å². The second-order valence-electron chi connectivity index (χ2n) is 1.21. The molecule has 0 aromatic heterocycles. The van der Waals surface area contributed by atoms with Crippen LogP contribution in [0.3, 0.4) is 0 Å². The first-order valence-electron chi connectivity index (χ1n) is 2.14. The highest BCUT2D eigenvalue weighted by molar-refractivity contribution is 7.95. The molecule has 0 spiro atoms. The van der Waals surface area contributed by atoms with Crippen LogP contribution in [0.25, 0.3) is 0 Å². The Kier molecular flexibility index (Phi) is 4.87. The molecule has 0 bridgehead atoms.